The summed E-state index contributed by atoms with van der Waals surface area (Å²) < 4.78 is 0. The highest BCUT2D eigenvalue weighted by molar-refractivity contribution is 5.37. The average Bonchev–Trinajstić information content (AvgIpc) is 3.17. The van der Waals surface area contributed by atoms with Gasteiger partial charge in [-0.15, -0.1) is 0 Å². The predicted molar refractivity (Wildman–Crippen MR) is 104 cm³/mol. The van der Waals surface area contributed by atoms with E-state index in [1.807, 2.05) is 0 Å². The molecule has 132 valence electrons. The second kappa shape index (κ2) is 8.01. The molecule has 2 heterocycles. The highest BCUT2D eigenvalue weighted by Crippen LogP contribution is 2.32. The van der Waals surface area contributed by atoms with Crippen LogP contribution in [-0.2, 0) is 6.54 Å². The summed E-state index contributed by atoms with van der Waals surface area (Å²) in [7, 11) is 0. The molecule has 1 saturated carbocycles. The van der Waals surface area contributed by atoms with Crippen molar-refractivity contribution < 1.29 is 0 Å². The van der Waals surface area contributed by atoms with Crippen LogP contribution in [0.15, 0.2) is 48.7 Å². The van der Waals surface area contributed by atoms with E-state index < -0.39 is 0 Å². The summed E-state index contributed by atoms with van der Waals surface area (Å²) in [6.45, 7) is 2.22. The number of pyridine rings is 1. The summed E-state index contributed by atoms with van der Waals surface area (Å²) in [5, 5.41) is 3.60. The van der Waals surface area contributed by atoms with Crippen molar-refractivity contribution in [2.24, 2.45) is 0 Å². The standard InChI is InChI=1S/C22H29N3/c1-2-8-18(9-3-1)17-25-15-7-6-12-21(25)19-13-14-22(23-16-19)24-20-10-4-5-11-20/h1-3,8-9,13-14,16,20-21H,4-7,10-12,15,17H2,(H,23,24). The van der Waals surface area contributed by atoms with Gasteiger partial charge in [0, 0.05) is 24.8 Å². The molecule has 0 bridgehead atoms. The van der Waals surface area contributed by atoms with Crippen LogP contribution < -0.4 is 5.32 Å². The molecule has 1 aliphatic carbocycles. The second-order valence-electron chi connectivity index (χ2n) is 7.57. The summed E-state index contributed by atoms with van der Waals surface area (Å²) >= 11 is 0. The third-order valence-electron chi connectivity index (χ3n) is 5.72. The topological polar surface area (TPSA) is 28.2 Å². The highest BCUT2D eigenvalue weighted by atomic mass is 15.2. The number of nitrogens with zero attached hydrogens (tertiary/aromatic N) is 2. The van der Waals surface area contributed by atoms with Crippen LogP contribution >= 0.6 is 0 Å². The molecule has 1 aliphatic heterocycles. The van der Waals surface area contributed by atoms with Gasteiger partial charge in [0.25, 0.3) is 0 Å². The van der Waals surface area contributed by atoms with Crippen LogP contribution in [0.25, 0.3) is 0 Å². The third kappa shape index (κ3) is 4.21. The second-order valence-corrected chi connectivity index (χ2v) is 7.57. The summed E-state index contributed by atoms with van der Waals surface area (Å²) in [5.74, 6) is 1.04. The van der Waals surface area contributed by atoms with Gasteiger partial charge in [-0.2, -0.15) is 0 Å². The van der Waals surface area contributed by atoms with E-state index in [0.717, 1.165) is 12.4 Å². The zero-order valence-corrected chi connectivity index (χ0v) is 15.0. The van der Waals surface area contributed by atoms with Crippen molar-refractivity contribution in [3.05, 3.63) is 59.8 Å². The molecule has 1 aromatic heterocycles. The van der Waals surface area contributed by atoms with Crippen molar-refractivity contribution in [1.82, 2.24) is 9.88 Å². The van der Waals surface area contributed by atoms with E-state index in [0.29, 0.717) is 12.1 Å². The summed E-state index contributed by atoms with van der Waals surface area (Å²) in [5.41, 5.74) is 2.77. The maximum absolute atomic E-state index is 4.72. The van der Waals surface area contributed by atoms with Crippen LogP contribution in [0.4, 0.5) is 5.82 Å². The molecular weight excluding hydrogens is 306 g/mol. The fraction of sp³-hybridized carbons (Fsp3) is 0.500. The van der Waals surface area contributed by atoms with Crippen molar-refractivity contribution in [3.8, 4) is 0 Å². The molecule has 1 saturated heterocycles. The Hall–Kier alpha value is -1.87. The van der Waals surface area contributed by atoms with Crippen molar-refractivity contribution in [2.75, 3.05) is 11.9 Å². The van der Waals surface area contributed by atoms with Gasteiger partial charge in [0.15, 0.2) is 0 Å². The lowest BCUT2D eigenvalue weighted by Gasteiger charge is -2.36. The molecule has 2 aliphatic rings. The van der Waals surface area contributed by atoms with Crippen molar-refractivity contribution in [1.29, 1.82) is 0 Å². The zero-order valence-electron chi connectivity index (χ0n) is 15.0. The third-order valence-corrected chi connectivity index (χ3v) is 5.72. The lowest BCUT2D eigenvalue weighted by Crippen LogP contribution is -2.33. The monoisotopic (exact) mass is 335 g/mol. The molecule has 1 N–H and O–H groups in total. The van der Waals surface area contributed by atoms with Gasteiger partial charge < -0.3 is 5.32 Å². The molecule has 0 spiro atoms. The van der Waals surface area contributed by atoms with Crippen molar-refractivity contribution >= 4 is 5.82 Å². The number of hydrogen-bond acceptors (Lipinski definition) is 3. The van der Waals surface area contributed by atoms with E-state index in [1.54, 1.807) is 0 Å². The minimum atomic E-state index is 0.502. The van der Waals surface area contributed by atoms with E-state index in [4.69, 9.17) is 4.98 Å². The van der Waals surface area contributed by atoms with Crippen molar-refractivity contribution in [3.63, 3.8) is 0 Å². The SMILES string of the molecule is c1ccc(CN2CCCCC2c2ccc(NC3CCCC3)nc2)cc1. The van der Waals surface area contributed by atoms with Gasteiger partial charge in [0.1, 0.15) is 5.82 Å². The molecule has 3 heteroatoms. The average molecular weight is 335 g/mol. The van der Waals surface area contributed by atoms with E-state index in [9.17, 15) is 0 Å². The fourth-order valence-electron chi connectivity index (χ4n) is 4.34. The number of nitrogens with one attached hydrogen (secondary N) is 1. The Kier molecular flexibility index (Phi) is 5.31. The molecule has 0 radical (unpaired) electrons. The van der Waals surface area contributed by atoms with Gasteiger partial charge in [-0.25, -0.2) is 4.98 Å². The number of hydrogen-bond donors (Lipinski definition) is 1. The summed E-state index contributed by atoms with van der Waals surface area (Å²) in [6.07, 6.45) is 11.2. The van der Waals surface area contributed by atoms with Crippen LogP contribution in [0.2, 0.25) is 0 Å². The molecule has 25 heavy (non-hydrogen) atoms. The van der Waals surface area contributed by atoms with Crippen LogP contribution in [0.3, 0.4) is 0 Å². The molecule has 1 aromatic carbocycles. The number of likely N-dealkylation sites (tertiary alicyclic amines) is 1. The Bertz CT molecular complexity index is 647. The molecule has 2 fully saturated rings. The first-order valence-electron chi connectivity index (χ1n) is 9.89. The normalized spacial score (nSPS) is 22.2. The molecule has 3 nitrogen and oxygen atoms in total. The highest BCUT2D eigenvalue weighted by Gasteiger charge is 2.24. The van der Waals surface area contributed by atoms with Gasteiger partial charge >= 0.3 is 0 Å². The van der Waals surface area contributed by atoms with Crippen LogP contribution in [0.1, 0.15) is 62.1 Å². The Morgan fingerprint density at radius 3 is 2.48 bits per heavy atom. The fourth-order valence-corrected chi connectivity index (χ4v) is 4.34. The smallest absolute Gasteiger partial charge is 0.126 e. The van der Waals surface area contributed by atoms with E-state index >= 15 is 0 Å². The van der Waals surface area contributed by atoms with Crippen molar-refractivity contribution in [2.45, 2.75) is 63.6 Å². The maximum Gasteiger partial charge on any atom is 0.126 e. The van der Waals surface area contributed by atoms with Gasteiger partial charge in [-0.1, -0.05) is 55.7 Å². The predicted octanol–water partition coefficient (Wildman–Crippen LogP) is 5.16. The van der Waals surface area contributed by atoms with Gasteiger partial charge in [-0.3, -0.25) is 4.90 Å². The summed E-state index contributed by atoms with van der Waals surface area (Å²) in [4.78, 5) is 7.35. The Labute approximate surface area is 151 Å². The first-order valence-corrected chi connectivity index (χ1v) is 9.89. The number of rotatable bonds is 5. The first kappa shape index (κ1) is 16.6. The molecule has 1 atom stereocenters. The molecule has 0 amide bonds. The van der Waals surface area contributed by atoms with Gasteiger partial charge in [0.05, 0.1) is 0 Å². The minimum absolute atomic E-state index is 0.502. The Balaban J connectivity index is 1.44. The molecule has 2 aromatic rings. The lowest BCUT2D eigenvalue weighted by atomic mass is 9.95. The maximum atomic E-state index is 4.72. The number of piperidine rings is 1. The van der Waals surface area contributed by atoms with Crippen LogP contribution in [0.5, 0.6) is 0 Å². The van der Waals surface area contributed by atoms with E-state index in [1.165, 1.54) is 62.6 Å². The quantitative estimate of drug-likeness (QED) is 0.817. The van der Waals surface area contributed by atoms with Crippen LogP contribution in [-0.4, -0.2) is 22.5 Å². The van der Waals surface area contributed by atoms with E-state index in [2.05, 4.69) is 58.9 Å². The lowest BCUT2D eigenvalue weighted by molar-refractivity contribution is 0.140. The van der Waals surface area contributed by atoms with Gasteiger partial charge in [0.2, 0.25) is 0 Å². The minimum Gasteiger partial charge on any atom is -0.367 e. The summed E-state index contributed by atoms with van der Waals surface area (Å²) in [6, 6.07) is 16.4. The molecular formula is C22H29N3. The molecule has 4 rings (SSSR count). The Morgan fingerprint density at radius 2 is 1.72 bits per heavy atom. The number of anilines is 1. The van der Waals surface area contributed by atoms with E-state index in [-0.39, 0.29) is 0 Å². The Morgan fingerprint density at radius 1 is 0.920 bits per heavy atom. The largest absolute Gasteiger partial charge is 0.367 e. The van der Waals surface area contributed by atoms with Gasteiger partial charge in [-0.05, 0) is 49.4 Å². The van der Waals surface area contributed by atoms with Crippen LogP contribution in [0, 0.1) is 0 Å². The molecule has 1 unspecified atom stereocenters. The zero-order chi connectivity index (χ0) is 16.9. The first-order chi connectivity index (χ1) is 12.4. The number of benzene rings is 1. The number of aromatic nitrogens is 1.